The average molecular weight is 345 g/mol. The molecule has 0 unspecified atom stereocenters. The van der Waals surface area contributed by atoms with E-state index < -0.39 is 0 Å². The van der Waals surface area contributed by atoms with Crippen LogP contribution in [0.5, 0.6) is 0 Å². The number of rotatable bonds is 4. The normalized spacial score (nSPS) is 14.8. The van der Waals surface area contributed by atoms with Gasteiger partial charge in [0.05, 0.1) is 11.4 Å². The van der Waals surface area contributed by atoms with Crippen molar-refractivity contribution in [3.63, 3.8) is 0 Å². The third-order valence-corrected chi connectivity index (χ3v) is 4.33. The van der Waals surface area contributed by atoms with E-state index in [9.17, 15) is 9.59 Å². The van der Waals surface area contributed by atoms with Gasteiger partial charge in [0, 0.05) is 10.6 Å². The van der Waals surface area contributed by atoms with Gasteiger partial charge >= 0.3 is 0 Å². The van der Waals surface area contributed by atoms with E-state index >= 15 is 0 Å². The van der Waals surface area contributed by atoms with Crippen LogP contribution in [0.15, 0.2) is 48.5 Å². The number of hydrogen-bond acceptors (Lipinski definition) is 2. The van der Waals surface area contributed by atoms with Crippen LogP contribution in [0.2, 0.25) is 5.02 Å². The van der Waals surface area contributed by atoms with E-state index in [4.69, 9.17) is 11.6 Å². The molecule has 6 heteroatoms. The molecular formula is C18H19ClN3O2+. The van der Waals surface area contributed by atoms with Gasteiger partial charge in [0.2, 0.25) is 5.91 Å². The quantitative estimate of drug-likeness (QED) is 0.890. The van der Waals surface area contributed by atoms with Gasteiger partial charge in [-0.05, 0) is 31.2 Å². The summed E-state index contributed by atoms with van der Waals surface area (Å²) in [6.07, 6.45) is 0. The van der Waals surface area contributed by atoms with Gasteiger partial charge in [-0.2, -0.15) is 0 Å². The fourth-order valence-electron chi connectivity index (χ4n) is 2.77. The Morgan fingerprint density at radius 2 is 2.08 bits per heavy atom. The van der Waals surface area contributed by atoms with Gasteiger partial charge in [-0.25, -0.2) is 0 Å². The fourth-order valence-corrected chi connectivity index (χ4v) is 2.97. The average Bonchev–Trinajstić information content (AvgIpc) is 2.58. The Bertz CT molecular complexity index is 778. The maximum atomic E-state index is 12.6. The van der Waals surface area contributed by atoms with Gasteiger partial charge < -0.3 is 10.6 Å². The van der Waals surface area contributed by atoms with Crippen LogP contribution < -0.4 is 15.5 Å². The van der Waals surface area contributed by atoms with E-state index in [2.05, 4.69) is 5.32 Å². The van der Waals surface area contributed by atoms with Crippen molar-refractivity contribution in [2.75, 3.05) is 23.3 Å². The van der Waals surface area contributed by atoms with Gasteiger partial charge in [0.15, 0.2) is 6.54 Å². The molecule has 0 aromatic heterocycles. The van der Waals surface area contributed by atoms with Gasteiger partial charge in [0.1, 0.15) is 12.6 Å². The standard InChI is InChI=1S/C18H18ClN3O2/c1-12(13-5-4-6-14(19)9-13)20-10-18(24)22-11-17(23)21-15-7-2-3-8-16(15)22/h2-9,12,20H,10-11H2,1H3,(H,21,23)/p+1/t12-/m1/s1. The Balaban J connectivity index is 1.68. The number of carbonyl (C=O) groups is 2. The van der Waals surface area contributed by atoms with E-state index in [-0.39, 0.29) is 30.9 Å². The van der Waals surface area contributed by atoms with E-state index in [0.29, 0.717) is 10.7 Å². The predicted octanol–water partition coefficient (Wildman–Crippen LogP) is 1.95. The van der Waals surface area contributed by atoms with Crippen LogP contribution in [0.3, 0.4) is 0 Å². The summed E-state index contributed by atoms with van der Waals surface area (Å²) in [4.78, 5) is 25.9. The second-order valence-corrected chi connectivity index (χ2v) is 6.27. The molecule has 2 aromatic rings. The zero-order valence-corrected chi connectivity index (χ0v) is 14.1. The maximum Gasteiger partial charge on any atom is 0.282 e. The molecule has 24 heavy (non-hydrogen) atoms. The van der Waals surface area contributed by atoms with Crippen LogP contribution in [-0.4, -0.2) is 24.9 Å². The molecule has 0 saturated heterocycles. The number of nitrogens with zero attached hydrogens (tertiary/aromatic N) is 1. The van der Waals surface area contributed by atoms with Crippen LogP contribution in [0.1, 0.15) is 18.5 Å². The molecule has 1 aliphatic rings. The molecule has 0 spiro atoms. The highest BCUT2D eigenvalue weighted by molar-refractivity contribution is 6.30. The number of anilines is 2. The molecule has 124 valence electrons. The SMILES string of the molecule is C[C@@H]([NH2+]CC(=O)N1CC(=O)Nc2ccccc21)c1cccc(Cl)c1. The summed E-state index contributed by atoms with van der Waals surface area (Å²) < 4.78 is 0. The second-order valence-electron chi connectivity index (χ2n) is 5.83. The van der Waals surface area contributed by atoms with Crippen LogP contribution in [0.4, 0.5) is 11.4 Å². The number of amides is 2. The fraction of sp³-hybridized carbons (Fsp3) is 0.222. The smallest absolute Gasteiger partial charge is 0.282 e. The number of hydrogen-bond donors (Lipinski definition) is 2. The lowest BCUT2D eigenvalue weighted by Gasteiger charge is -2.28. The molecule has 1 heterocycles. The second kappa shape index (κ2) is 7.03. The first-order valence-corrected chi connectivity index (χ1v) is 8.20. The highest BCUT2D eigenvalue weighted by Crippen LogP contribution is 2.28. The first kappa shape index (κ1) is 16.5. The maximum absolute atomic E-state index is 12.6. The number of nitrogens with one attached hydrogen (secondary N) is 1. The topological polar surface area (TPSA) is 66.0 Å². The monoisotopic (exact) mass is 344 g/mol. The molecule has 1 aliphatic heterocycles. The minimum absolute atomic E-state index is 0.0508. The summed E-state index contributed by atoms with van der Waals surface area (Å²) in [7, 11) is 0. The Kier molecular flexibility index (Phi) is 4.83. The molecule has 3 rings (SSSR count). The van der Waals surface area contributed by atoms with Crippen molar-refractivity contribution in [3.05, 3.63) is 59.1 Å². The van der Waals surface area contributed by atoms with Crippen LogP contribution in [0, 0.1) is 0 Å². The van der Waals surface area contributed by atoms with Crippen molar-refractivity contribution in [2.45, 2.75) is 13.0 Å². The molecule has 0 bridgehead atoms. The number of quaternary nitrogens is 1. The Morgan fingerprint density at radius 3 is 2.88 bits per heavy atom. The van der Waals surface area contributed by atoms with Crippen LogP contribution >= 0.6 is 11.6 Å². The number of nitrogens with two attached hydrogens (primary N) is 1. The van der Waals surface area contributed by atoms with Crippen molar-refractivity contribution >= 4 is 34.8 Å². The number of carbonyl (C=O) groups excluding carboxylic acids is 2. The first-order valence-electron chi connectivity index (χ1n) is 7.82. The zero-order chi connectivity index (χ0) is 17.1. The highest BCUT2D eigenvalue weighted by Gasteiger charge is 2.27. The lowest BCUT2D eigenvalue weighted by Crippen LogP contribution is -2.87. The van der Waals surface area contributed by atoms with Crippen molar-refractivity contribution in [2.24, 2.45) is 0 Å². The summed E-state index contributed by atoms with van der Waals surface area (Å²) in [6, 6.07) is 15.0. The first-order chi connectivity index (χ1) is 11.5. The Morgan fingerprint density at radius 1 is 1.29 bits per heavy atom. The molecule has 3 N–H and O–H groups in total. The third kappa shape index (κ3) is 3.58. The van der Waals surface area contributed by atoms with Gasteiger partial charge in [0.25, 0.3) is 5.91 Å². The van der Waals surface area contributed by atoms with Crippen molar-refractivity contribution in [1.82, 2.24) is 0 Å². The van der Waals surface area contributed by atoms with E-state index in [1.165, 1.54) is 4.90 Å². The minimum atomic E-state index is -0.176. The summed E-state index contributed by atoms with van der Waals surface area (Å²) in [6.45, 7) is 2.33. The van der Waals surface area contributed by atoms with E-state index in [1.54, 1.807) is 6.07 Å². The minimum Gasteiger partial charge on any atom is -0.333 e. The van der Waals surface area contributed by atoms with E-state index in [1.807, 2.05) is 54.7 Å². The van der Waals surface area contributed by atoms with E-state index in [0.717, 1.165) is 11.3 Å². The van der Waals surface area contributed by atoms with Gasteiger partial charge in [-0.3, -0.25) is 14.5 Å². The third-order valence-electron chi connectivity index (χ3n) is 4.09. The molecule has 5 nitrogen and oxygen atoms in total. The Labute approximate surface area is 145 Å². The molecular weight excluding hydrogens is 326 g/mol. The summed E-state index contributed by atoms with van der Waals surface area (Å²) >= 11 is 6.01. The highest BCUT2D eigenvalue weighted by atomic mass is 35.5. The molecule has 0 saturated carbocycles. The van der Waals surface area contributed by atoms with Crippen molar-refractivity contribution in [1.29, 1.82) is 0 Å². The summed E-state index contributed by atoms with van der Waals surface area (Å²) in [5, 5.41) is 5.41. The predicted molar refractivity (Wildman–Crippen MR) is 94.1 cm³/mol. The van der Waals surface area contributed by atoms with Crippen molar-refractivity contribution in [3.8, 4) is 0 Å². The lowest BCUT2D eigenvalue weighted by atomic mass is 10.1. The molecule has 2 amide bonds. The zero-order valence-electron chi connectivity index (χ0n) is 13.3. The van der Waals surface area contributed by atoms with Crippen LogP contribution in [-0.2, 0) is 9.59 Å². The lowest BCUT2D eigenvalue weighted by molar-refractivity contribution is -0.682. The summed E-state index contributed by atoms with van der Waals surface area (Å²) in [5.41, 5.74) is 2.47. The number of fused-ring (bicyclic) bond motifs is 1. The van der Waals surface area contributed by atoms with Crippen molar-refractivity contribution < 1.29 is 14.9 Å². The number of benzene rings is 2. The number of halogens is 1. The van der Waals surface area contributed by atoms with Crippen LogP contribution in [0.25, 0.3) is 0 Å². The largest absolute Gasteiger partial charge is 0.333 e. The number of para-hydroxylation sites is 2. The van der Waals surface area contributed by atoms with Gasteiger partial charge in [-0.1, -0.05) is 35.9 Å². The molecule has 0 radical (unpaired) electrons. The van der Waals surface area contributed by atoms with Gasteiger partial charge in [-0.15, -0.1) is 0 Å². The molecule has 2 aromatic carbocycles. The Hall–Kier alpha value is -2.37. The summed E-state index contributed by atoms with van der Waals surface area (Å²) in [5.74, 6) is -0.267. The molecule has 0 fully saturated rings. The molecule has 0 aliphatic carbocycles. The molecule has 1 atom stereocenters.